The van der Waals surface area contributed by atoms with Crippen LogP contribution in [0, 0.1) is 11.8 Å². The predicted molar refractivity (Wildman–Crippen MR) is 89.1 cm³/mol. The van der Waals surface area contributed by atoms with Gasteiger partial charge in [0, 0.05) is 11.1 Å². The lowest BCUT2D eigenvalue weighted by molar-refractivity contribution is 0.233. The first-order valence-electron chi connectivity index (χ1n) is 7.60. The van der Waals surface area contributed by atoms with Crippen LogP contribution in [0.5, 0.6) is 0 Å². The molecule has 3 heteroatoms. The number of halogens is 1. The first-order chi connectivity index (χ1) is 9.45. The fourth-order valence-corrected chi connectivity index (χ4v) is 2.92. The van der Waals surface area contributed by atoms with Gasteiger partial charge in [-0.05, 0) is 63.4 Å². The maximum Gasteiger partial charge on any atom is 0.0453 e. The first-order valence-corrected chi connectivity index (χ1v) is 7.98. The third kappa shape index (κ3) is 5.43. The molecule has 0 bridgehead atoms. The largest absolute Gasteiger partial charge is 0.330 e. The second-order valence-electron chi connectivity index (χ2n) is 6.20. The zero-order valence-corrected chi connectivity index (χ0v) is 14.0. The summed E-state index contributed by atoms with van der Waals surface area (Å²) in [4.78, 5) is 2.37. The number of nitrogens with zero attached hydrogens (tertiary/aromatic N) is 1. The van der Waals surface area contributed by atoms with Crippen molar-refractivity contribution in [2.75, 3.05) is 20.1 Å². The molecule has 0 heterocycles. The van der Waals surface area contributed by atoms with E-state index >= 15 is 0 Å². The predicted octanol–water partition coefficient (Wildman–Crippen LogP) is 4.34. The fraction of sp³-hybridized carbons (Fsp3) is 0.647. The summed E-state index contributed by atoms with van der Waals surface area (Å²) in [5.74, 6) is 1.34. The SMILES string of the molecule is CC(C)CC(CN)CCN(C)C(C)c1ccccc1Cl. The summed E-state index contributed by atoms with van der Waals surface area (Å²) < 4.78 is 0. The molecule has 2 nitrogen and oxygen atoms in total. The van der Waals surface area contributed by atoms with Crippen molar-refractivity contribution in [2.24, 2.45) is 17.6 Å². The van der Waals surface area contributed by atoms with Crippen LogP contribution in [0.15, 0.2) is 24.3 Å². The fourth-order valence-electron chi connectivity index (χ4n) is 2.63. The summed E-state index contributed by atoms with van der Waals surface area (Å²) in [6, 6.07) is 8.43. The molecule has 2 unspecified atom stereocenters. The lowest BCUT2D eigenvalue weighted by atomic mass is 9.94. The van der Waals surface area contributed by atoms with E-state index in [9.17, 15) is 0 Å². The van der Waals surface area contributed by atoms with Gasteiger partial charge in [0.2, 0.25) is 0 Å². The van der Waals surface area contributed by atoms with Crippen LogP contribution in [0.25, 0.3) is 0 Å². The summed E-state index contributed by atoms with van der Waals surface area (Å²) in [6.07, 6.45) is 2.37. The van der Waals surface area contributed by atoms with Crippen LogP contribution >= 0.6 is 11.6 Å². The van der Waals surface area contributed by atoms with Gasteiger partial charge in [-0.15, -0.1) is 0 Å². The van der Waals surface area contributed by atoms with Gasteiger partial charge in [-0.1, -0.05) is 43.6 Å². The summed E-state index contributed by atoms with van der Waals surface area (Å²) in [6.45, 7) is 8.58. The Bertz CT molecular complexity index is 392. The standard InChI is InChI=1S/C17H29ClN2/c1-13(2)11-15(12-19)9-10-20(4)14(3)16-7-5-6-8-17(16)18/h5-8,13-15H,9-12,19H2,1-4H3. The summed E-state index contributed by atoms with van der Waals surface area (Å²) >= 11 is 6.28. The van der Waals surface area contributed by atoms with Gasteiger partial charge in [0.1, 0.15) is 0 Å². The van der Waals surface area contributed by atoms with Gasteiger partial charge in [-0.3, -0.25) is 4.90 Å². The summed E-state index contributed by atoms with van der Waals surface area (Å²) in [7, 11) is 2.16. The highest BCUT2D eigenvalue weighted by Crippen LogP contribution is 2.26. The molecule has 0 fully saturated rings. The molecule has 114 valence electrons. The van der Waals surface area contributed by atoms with Crippen LogP contribution in [0.3, 0.4) is 0 Å². The minimum Gasteiger partial charge on any atom is -0.330 e. The van der Waals surface area contributed by atoms with Crippen molar-refractivity contribution >= 4 is 11.6 Å². The molecule has 2 N–H and O–H groups in total. The van der Waals surface area contributed by atoms with Crippen molar-refractivity contribution in [1.29, 1.82) is 0 Å². The molecule has 20 heavy (non-hydrogen) atoms. The Labute approximate surface area is 129 Å². The van der Waals surface area contributed by atoms with Gasteiger partial charge < -0.3 is 5.73 Å². The van der Waals surface area contributed by atoms with Crippen LogP contribution in [0.1, 0.15) is 45.2 Å². The molecule has 1 rings (SSSR count). The Morgan fingerprint density at radius 2 is 1.85 bits per heavy atom. The van der Waals surface area contributed by atoms with Crippen LogP contribution in [-0.2, 0) is 0 Å². The molecule has 0 spiro atoms. The van der Waals surface area contributed by atoms with Crippen molar-refractivity contribution in [3.05, 3.63) is 34.9 Å². The third-order valence-corrected chi connectivity index (χ3v) is 4.39. The first kappa shape index (κ1) is 17.5. The van der Waals surface area contributed by atoms with E-state index in [1.165, 1.54) is 12.0 Å². The van der Waals surface area contributed by atoms with Crippen LogP contribution in [-0.4, -0.2) is 25.0 Å². The van der Waals surface area contributed by atoms with Gasteiger partial charge in [0.15, 0.2) is 0 Å². The summed E-state index contributed by atoms with van der Waals surface area (Å²) in [5, 5.41) is 0.851. The number of hydrogen-bond donors (Lipinski definition) is 1. The quantitative estimate of drug-likeness (QED) is 0.773. The second-order valence-corrected chi connectivity index (χ2v) is 6.61. The Kier molecular flexibility index (Phi) is 7.57. The highest BCUT2D eigenvalue weighted by molar-refractivity contribution is 6.31. The van der Waals surface area contributed by atoms with Crippen molar-refractivity contribution in [1.82, 2.24) is 4.90 Å². The Morgan fingerprint density at radius 1 is 1.20 bits per heavy atom. The van der Waals surface area contributed by atoms with E-state index in [2.05, 4.69) is 38.8 Å². The maximum absolute atomic E-state index is 6.28. The molecule has 0 radical (unpaired) electrons. The number of nitrogens with two attached hydrogens (primary N) is 1. The minimum absolute atomic E-state index is 0.334. The molecular weight excluding hydrogens is 268 g/mol. The topological polar surface area (TPSA) is 29.3 Å². The zero-order valence-electron chi connectivity index (χ0n) is 13.3. The van der Waals surface area contributed by atoms with E-state index in [1.807, 2.05) is 18.2 Å². The van der Waals surface area contributed by atoms with Crippen molar-refractivity contribution in [3.63, 3.8) is 0 Å². The van der Waals surface area contributed by atoms with Crippen LogP contribution < -0.4 is 5.73 Å². The lowest BCUT2D eigenvalue weighted by Gasteiger charge is -2.28. The highest BCUT2D eigenvalue weighted by Gasteiger charge is 2.16. The Morgan fingerprint density at radius 3 is 2.40 bits per heavy atom. The van der Waals surface area contributed by atoms with E-state index in [0.29, 0.717) is 12.0 Å². The third-order valence-electron chi connectivity index (χ3n) is 4.04. The van der Waals surface area contributed by atoms with Crippen molar-refractivity contribution in [3.8, 4) is 0 Å². The molecule has 0 aliphatic rings. The minimum atomic E-state index is 0.334. The van der Waals surface area contributed by atoms with E-state index in [0.717, 1.165) is 30.5 Å². The molecule has 0 amide bonds. The second kappa shape index (κ2) is 8.66. The Hall–Kier alpha value is -0.570. The summed E-state index contributed by atoms with van der Waals surface area (Å²) in [5.41, 5.74) is 7.08. The molecular formula is C17H29ClN2. The normalized spacial score (nSPS) is 14.8. The van der Waals surface area contributed by atoms with Crippen LogP contribution in [0.4, 0.5) is 0 Å². The average Bonchev–Trinajstić information content (AvgIpc) is 2.42. The molecule has 0 aliphatic carbocycles. The zero-order chi connectivity index (χ0) is 15.1. The lowest BCUT2D eigenvalue weighted by Crippen LogP contribution is -2.27. The molecule has 0 saturated heterocycles. The number of rotatable bonds is 8. The molecule has 0 saturated carbocycles. The average molecular weight is 297 g/mol. The van der Waals surface area contributed by atoms with Crippen molar-refractivity contribution < 1.29 is 0 Å². The molecule has 0 aromatic heterocycles. The van der Waals surface area contributed by atoms with Gasteiger partial charge in [-0.2, -0.15) is 0 Å². The molecule has 2 atom stereocenters. The monoisotopic (exact) mass is 296 g/mol. The number of hydrogen-bond acceptors (Lipinski definition) is 2. The van der Waals surface area contributed by atoms with Crippen molar-refractivity contribution in [2.45, 2.75) is 39.7 Å². The Balaban J connectivity index is 2.53. The highest BCUT2D eigenvalue weighted by atomic mass is 35.5. The smallest absolute Gasteiger partial charge is 0.0453 e. The van der Waals surface area contributed by atoms with Gasteiger partial charge >= 0.3 is 0 Å². The van der Waals surface area contributed by atoms with Crippen LogP contribution in [0.2, 0.25) is 5.02 Å². The molecule has 1 aromatic rings. The molecule has 0 aliphatic heterocycles. The van der Waals surface area contributed by atoms with Gasteiger partial charge in [0.25, 0.3) is 0 Å². The van der Waals surface area contributed by atoms with E-state index < -0.39 is 0 Å². The van der Waals surface area contributed by atoms with E-state index in [4.69, 9.17) is 17.3 Å². The van der Waals surface area contributed by atoms with Gasteiger partial charge in [0.05, 0.1) is 0 Å². The van der Waals surface area contributed by atoms with Gasteiger partial charge in [-0.25, -0.2) is 0 Å². The van der Waals surface area contributed by atoms with E-state index in [1.54, 1.807) is 0 Å². The molecule has 1 aromatic carbocycles. The van der Waals surface area contributed by atoms with E-state index in [-0.39, 0.29) is 0 Å². The number of benzene rings is 1. The maximum atomic E-state index is 6.28.